The second-order valence-electron chi connectivity index (χ2n) is 7.51. The van der Waals surface area contributed by atoms with Gasteiger partial charge in [0.1, 0.15) is 6.67 Å². The van der Waals surface area contributed by atoms with E-state index in [-0.39, 0.29) is 0 Å². The van der Waals surface area contributed by atoms with Crippen molar-refractivity contribution in [3.8, 4) is 11.8 Å². The third-order valence-electron chi connectivity index (χ3n) is 4.68. The first-order valence-electron chi connectivity index (χ1n) is 10.1. The second kappa shape index (κ2) is 9.23. The lowest BCUT2D eigenvalue weighted by molar-refractivity contribution is 0.682. The van der Waals surface area contributed by atoms with E-state index in [9.17, 15) is 4.21 Å². The predicted octanol–water partition coefficient (Wildman–Crippen LogP) is 3.02. The molecule has 3 rings (SSSR count). The van der Waals surface area contributed by atoms with Gasteiger partial charge in [-0.15, -0.1) is 0 Å². The van der Waals surface area contributed by atoms with Crippen molar-refractivity contribution in [3.05, 3.63) is 64.4 Å². The lowest BCUT2D eigenvalue weighted by Crippen LogP contribution is -2.25. The molecule has 0 unspecified atom stereocenters. The minimum Gasteiger partial charge on any atom is -0.369 e. The molecule has 0 spiro atoms. The van der Waals surface area contributed by atoms with E-state index in [1.54, 1.807) is 18.7 Å². The fourth-order valence-corrected chi connectivity index (χ4v) is 3.96. The van der Waals surface area contributed by atoms with Crippen molar-refractivity contribution in [3.63, 3.8) is 0 Å². The first-order chi connectivity index (χ1) is 14.3. The summed E-state index contributed by atoms with van der Waals surface area (Å²) in [6.07, 6.45) is 8.66. The van der Waals surface area contributed by atoms with Gasteiger partial charge < -0.3 is 10.0 Å². The normalized spacial score (nSPS) is 14.4. The molecule has 2 N–H and O–H groups in total. The summed E-state index contributed by atoms with van der Waals surface area (Å²) in [5.41, 5.74) is 7.22. The van der Waals surface area contributed by atoms with E-state index in [1.165, 1.54) is 0 Å². The number of rotatable bonds is 5. The van der Waals surface area contributed by atoms with E-state index in [4.69, 9.17) is 4.99 Å². The Balaban J connectivity index is 2.00. The van der Waals surface area contributed by atoms with Gasteiger partial charge in [0.15, 0.2) is 0 Å². The Morgan fingerprint density at radius 2 is 1.97 bits per heavy atom. The topological polar surface area (TPSA) is 79.3 Å². The number of nitrogens with zero attached hydrogens (tertiary/aromatic N) is 3. The van der Waals surface area contributed by atoms with Crippen LogP contribution in [0.25, 0.3) is 0 Å². The summed E-state index contributed by atoms with van der Waals surface area (Å²) in [6, 6.07) is 5.96. The fraction of sp³-hybridized carbons (Fsp3) is 0.348. The Hall–Kier alpha value is -2.98. The lowest BCUT2D eigenvalue weighted by Gasteiger charge is -2.19. The van der Waals surface area contributed by atoms with Gasteiger partial charge in [-0.1, -0.05) is 25.7 Å². The lowest BCUT2D eigenvalue weighted by atomic mass is 9.98. The van der Waals surface area contributed by atoms with Gasteiger partial charge in [0.25, 0.3) is 0 Å². The summed E-state index contributed by atoms with van der Waals surface area (Å²) in [5, 5.41) is 3.34. The second-order valence-corrected chi connectivity index (χ2v) is 10.4. The van der Waals surface area contributed by atoms with Crippen LogP contribution in [0, 0.1) is 18.8 Å². The molecule has 0 aromatic carbocycles. The minimum absolute atomic E-state index is 0.538. The number of aliphatic imine (C=N–C) groups is 1. The molecule has 0 saturated heterocycles. The van der Waals surface area contributed by atoms with Crippen LogP contribution in [0.1, 0.15) is 42.8 Å². The van der Waals surface area contributed by atoms with E-state index in [2.05, 4.69) is 51.8 Å². The number of hydrogen-bond donors (Lipinski definition) is 3. The Morgan fingerprint density at radius 1 is 1.17 bits per heavy atom. The van der Waals surface area contributed by atoms with Crippen molar-refractivity contribution >= 4 is 21.5 Å². The molecule has 1 aliphatic heterocycles. The van der Waals surface area contributed by atoms with Crippen molar-refractivity contribution in [1.29, 1.82) is 0 Å². The molecule has 0 saturated carbocycles. The van der Waals surface area contributed by atoms with Crippen LogP contribution in [0.5, 0.6) is 0 Å². The summed E-state index contributed by atoms with van der Waals surface area (Å²) in [7, 11) is -2.43. The van der Waals surface area contributed by atoms with E-state index in [0.717, 1.165) is 58.0 Å². The molecule has 0 radical (unpaired) electrons. The summed E-state index contributed by atoms with van der Waals surface area (Å²) in [5.74, 6) is 6.54. The number of nitrogens with one attached hydrogen (secondary N) is 2. The molecule has 30 heavy (non-hydrogen) atoms. The summed E-state index contributed by atoms with van der Waals surface area (Å²) in [4.78, 5) is 13.5. The highest BCUT2D eigenvalue weighted by molar-refractivity contribution is 8.02. The molecule has 1 aliphatic rings. The van der Waals surface area contributed by atoms with E-state index < -0.39 is 10.1 Å². The monoisotopic (exact) mass is 423 g/mol. The van der Waals surface area contributed by atoms with Crippen LogP contribution >= 0.6 is 0 Å². The fourth-order valence-electron chi connectivity index (χ4n) is 3.15. The highest BCUT2D eigenvalue weighted by Crippen LogP contribution is 2.20. The van der Waals surface area contributed by atoms with Gasteiger partial charge in [-0.2, -0.15) is 0 Å². The average Bonchev–Trinajstić information content (AvgIpc) is 2.73. The number of allylic oxidation sites excluding steroid dienone is 2. The SMILES string of the molecule is CCC1=C(C#Cc2cnc(C)c(N[SH](C)(C)=O)c2)C(c2ccnc(CC)c2)=NCN1. The quantitative estimate of drug-likeness (QED) is 0.510. The molecular formula is C23H29N5OS. The third-order valence-corrected chi connectivity index (χ3v) is 5.46. The van der Waals surface area contributed by atoms with Crippen molar-refractivity contribution < 1.29 is 4.21 Å². The molecule has 2 aromatic rings. The predicted molar refractivity (Wildman–Crippen MR) is 126 cm³/mol. The molecule has 0 atom stereocenters. The van der Waals surface area contributed by atoms with Crippen LogP contribution in [-0.4, -0.2) is 39.1 Å². The highest BCUT2D eigenvalue weighted by Gasteiger charge is 2.17. The Labute approximate surface area is 179 Å². The Bertz CT molecular complexity index is 1120. The zero-order valence-electron chi connectivity index (χ0n) is 18.2. The van der Waals surface area contributed by atoms with Crippen molar-refractivity contribution in [2.75, 3.05) is 23.9 Å². The van der Waals surface area contributed by atoms with Crippen LogP contribution in [-0.2, 0) is 16.5 Å². The number of thiol groups is 1. The van der Waals surface area contributed by atoms with Crippen molar-refractivity contribution in [2.45, 2.75) is 33.6 Å². The van der Waals surface area contributed by atoms with Crippen LogP contribution in [0.4, 0.5) is 5.69 Å². The molecule has 158 valence electrons. The van der Waals surface area contributed by atoms with Gasteiger partial charge in [0, 0.05) is 47.4 Å². The average molecular weight is 424 g/mol. The van der Waals surface area contributed by atoms with Crippen LogP contribution in [0.15, 0.2) is 46.9 Å². The van der Waals surface area contributed by atoms with Crippen LogP contribution in [0.2, 0.25) is 0 Å². The summed E-state index contributed by atoms with van der Waals surface area (Å²) < 4.78 is 15.2. The van der Waals surface area contributed by atoms with Gasteiger partial charge in [-0.05, 0) is 48.1 Å². The summed E-state index contributed by atoms with van der Waals surface area (Å²) >= 11 is 0. The van der Waals surface area contributed by atoms with Crippen molar-refractivity contribution in [1.82, 2.24) is 15.3 Å². The zero-order chi connectivity index (χ0) is 21.7. The summed E-state index contributed by atoms with van der Waals surface area (Å²) in [6.45, 7) is 6.62. The van der Waals surface area contributed by atoms with Crippen molar-refractivity contribution in [2.24, 2.45) is 4.99 Å². The number of aryl methyl sites for hydroxylation is 2. The van der Waals surface area contributed by atoms with Crippen LogP contribution < -0.4 is 10.0 Å². The molecule has 0 bridgehead atoms. The van der Waals surface area contributed by atoms with E-state index in [1.807, 2.05) is 25.3 Å². The first kappa shape index (κ1) is 21.7. The maximum Gasteiger partial charge on any atom is 0.108 e. The maximum absolute atomic E-state index is 12.2. The third kappa shape index (κ3) is 5.33. The first-order valence-corrected chi connectivity index (χ1v) is 12.7. The maximum atomic E-state index is 12.2. The number of anilines is 1. The molecule has 3 heterocycles. The zero-order valence-corrected chi connectivity index (χ0v) is 19.1. The van der Waals surface area contributed by atoms with Gasteiger partial charge in [-0.25, -0.2) is 0 Å². The molecule has 7 heteroatoms. The Kier molecular flexibility index (Phi) is 6.68. The molecule has 0 amide bonds. The van der Waals surface area contributed by atoms with Crippen LogP contribution in [0.3, 0.4) is 0 Å². The largest absolute Gasteiger partial charge is 0.369 e. The van der Waals surface area contributed by atoms with Gasteiger partial charge >= 0.3 is 0 Å². The Morgan fingerprint density at radius 3 is 2.67 bits per heavy atom. The smallest absolute Gasteiger partial charge is 0.108 e. The number of aromatic nitrogens is 2. The van der Waals surface area contributed by atoms with Gasteiger partial charge in [-0.3, -0.25) is 19.2 Å². The number of pyridine rings is 2. The molecule has 0 aliphatic carbocycles. The number of hydrogen-bond acceptors (Lipinski definition) is 5. The van der Waals surface area contributed by atoms with E-state index in [0.29, 0.717) is 6.67 Å². The standard InChI is InChI=1S/C23H29N5OS/c1-6-19-13-18(10-11-24-19)23-20(21(7-2)26-15-27-23)9-8-17-12-22(16(3)25-14-17)28-30(4,5)29/h10-14,26,30H,6-7,15H2,1-5H3,(H,28,29). The molecule has 6 nitrogen and oxygen atoms in total. The highest BCUT2D eigenvalue weighted by atomic mass is 32.3. The molecule has 0 fully saturated rings. The minimum atomic E-state index is -2.43. The van der Waals surface area contributed by atoms with E-state index >= 15 is 0 Å². The van der Waals surface area contributed by atoms with Gasteiger partial charge in [0.05, 0.1) is 22.7 Å². The van der Waals surface area contributed by atoms with Gasteiger partial charge in [0.2, 0.25) is 0 Å². The molecular weight excluding hydrogens is 394 g/mol. The molecule has 2 aromatic heterocycles.